The van der Waals surface area contributed by atoms with E-state index in [4.69, 9.17) is 19.4 Å². The summed E-state index contributed by atoms with van der Waals surface area (Å²) in [5.74, 6) is -0.0237. The van der Waals surface area contributed by atoms with Crippen molar-refractivity contribution in [2.45, 2.75) is 46.5 Å². The molecule has 66 heavy (non-hydrogen) atoms. The predicted octanol–water partition coefficient (Wildman–Crippen LogP) is 13.7. The second-order valence-electron chi connectivity index (χ2n) is 16.6. The second-order valence-corrected chi connectivity index (χ2v) is 16.6. The van der Waals surface area contributed by atoms with Crippen LogP contribution < -0.4 is 9.80 Å². The molecule has 8 aromatic rings. The van der Waals surface area contributed by atoms with Gasteiger partial charge in [-0.15, -0.1) is 0 Å². The van der Waals surface area contributed by atoms with Gasteiger partial charge in [-0.25, -0.2) is 0 Å². The fourth-order valence-electron chi connectivity index (χ4n) is 7.97. The molecule has 8 nitrogen and oxygen atoms in total. The maximum atomic E-state index is 12.2. The fraction of sp³-hybridized carbons (Fsp3) is 0.172. The number of aromatic nitrogens is 2. The number of esters is 1. The molecular weight excluding hydrogens is 817 g/mol. The Morgan fingerprint density at radius 3 is 1.26 bits per heavy atom. The van der Waals surface area contributed by atoms with E-state index in [1.165, 1.54) is 11.1 Å². The lowest BCUT2D eigenvalue weighted by Crippen LogP contribution is -2.11. The number of aryl methyl sites for hydroxylation is 4. The van der Waals surface area contributed by atoms with Crippen LogP contribution >= 0.6 is 0 Å². The number of carbonyl (C=O) groups is 2. The van der Waals surface area contributed by atoms with Gasteiger partial charge in [-0.2, -0.15) is 0 Å². The van der Waals surface area contributed by atoms with Gasteiger partial charge >= 0.3 is 5.97 Å². The summed E-state index contributed by atoms with van der Waals surface area (Å²) in [6.45, 7) is 6.51. The highest BCUT2D eigenvalue weighted by atomic mass is 16.6. The Labute approximate surface area is 388 Å². The van der Waals surface area contributed by atoms with E-state index in [-0.39, 0.29) is 18.4 Å². The molecule has 0 atom stereocenters. The van der Waals surface area contributed by atoms with Gasteiger partial charge in [0.15, 0.2) is 0 Å². The molecular formula is C58H54N4O4. The predicted molar refractivity (Wildman–Crippen MR) is 267 cm³/mol. The van der Waals surface area contributed by atoms with Crippen LogP contribution in [0.2, 0.25) is 0 Å². The molecule has 0 saturated heterocycles. The van der Waals surface area contributed by atoms with Gasteiger partial charge in [0.2, 0.25) is 0 Å². The molecule has 6 aromatic carbocycles. The number of rotatable bonds is 18. The minimum Gasteiger partial charge on any atom is -0.463 e. The molecule has 2 heterocycles. The van der Waals surface area contributed by atoms with Crippen molar-refractivity contribution in [1.82, 2.24) is 9.97 Å². The molecule has 0 bridgehead atoms. The van der Waals surface area contributed by atoms with Gasteiger partial charge < -0.3 is 24.1 Å². The van der Waals surface area contributed by atoms with E-state index < -0.39 is 0 Å². The van der Waals surface area contributed by atoms with Crippen LogP contribution in [0, 0.1) is 13.8 Å². The van der Waals surface area contributed by atoms with Crippen LogP contribution in [-0.2, 0) is 31.9 Å². The second kappa shape index (κ2) is 21.3. The summed E-state index contributed by atoms with van der Waals surface area (Å²) in [6.07, 6.45) is 6.03. The zero-order valence-electron chi connectivity index (χ0n) is 38.0. The number of nitrogens with zero attached hydrogens (tertiary/aromatic N) is 4. The van der Waals surface area contributed by atoms with Crippen LogP contribution in [0.3, 0.4) is 0 Å². The number of methoxy groups -OCH3 is 1. The first kappa shape index (κ1) is 44.9. The largest absolute Gasteiger partial charge is 0.463 e. The van der Waals surface area contributed by atoms with E-state index in [0.29, 0.717) is 25.9 Å². The van der Waals surface area contributed by atoms with E-state index in [2.05, 4.69) is 181 Å². The maximum absolute atomic E-state index is 12.2. The first-order valence-electron chi connectivity index (χ1n) is 22.4. The van der Waals surface area contributed by atoms with Crippen molar-refractivity contribution in [3.63, 3.8) is 0 Å². The van der Waals surface area contributed by atoms with Crippen molar-refractivity contribution in [1.29, 1.82) is 0 Å². The number of hydrogen-bond acceptors (Lipinski definition) is 8. The molecule has 8 rings (SSSR count). The Hall–Kier alpha value is -7.68. The van der Waals surface area contributed by atoms with Crippen molar-refractivity contribution in [2.75, 3.05) is 30.1 Å². The Balaban J connectivity index is 0.949. The molecule has 330 valence electrons. The maximum Gasteiger partial charge on any atom is 0.306 e. The number of ketones is 1. The van der Waals surface area contributed by atoms with E-state index >= 15 is 0 Å². The van der Waals surface area contributed by atoms with E-state index in [9.17, 15) is 9.59 Å². The molecule has 0 aliphatic rings. The molecule has 0 aliphatic heterocycles. The van der Waals surface area contributed by atoms with Gasteiger partial charge in [0.25, 0.3) is 0 Å². The minimum atomic E-state index is -0.225. The van der Waals surface area contributed by atoms with Gasteiger partial charge in [-0.1, -0.05) is 84.9 Å². The number of benzene rings is 6. The van der Waals surface area contributed by atoms with Gasteiger partial charge in [-0.3, -0.25) is 14.8 Å². The third-order valence-electron chi connectivity index (χ3n) is 11.5. The Bertz CT molecular complexity index is 2860. The average Bonchev–Trinajstić information content (AvgIpc) is 3.34. The summed E-state index contributed by atoms with van der Waals surface area (Å²) in [7, 11) is 1.59. The van der Waals surface area contributed by atoms with Crippen LogP contribution in [-0.4, -0.2) is 42.0 Å². The summed E-state index contributed by atoms with van der Waals surface area (Å²) in [5, 5.41) is 0. The fourth-order valence-corrected chi connectivity index (χ4v) is 7.97. The van der Waals surface area contributed by atoms with Crippen molar-refractivity contribution in [2.24, 2.45) is 0 Å². The first-order chi connectivity index (χ1) is 32.2. The number of pyridine rings is 2. The number of Topliss-reactive ketones (excluding diaryl/α,β-unsaturated/α-hetero) is 1. The minimum absolute atomic E-state index is 0.201. The van der Waals surface area contributed by atoms with Crippen LogP contribution in [0.4, 0.5) is 34.1 Å². The molecule has 0 N–H and O–H groups in total. The van der Waals surface area contributed by atoms with Crippen LogP contribution in [0.25, 0.3) is 33.6 Å². The van der Waals surface area contributed by atoms with E-state index in [0.717, 1.165) is 85.3 Å². The Kier molecular flexibility index (Phi) is 14.5. The number of anilines is 6. The molecule has 0 unspecified atom stereocenters. The van der Waals surface area contributed by atoms with Crippen LogP contribution in [0.1, 0.15) is 42.0 Å². The molecule has 0 fully saturated rings. The highest BCUT2D eigenvalue weighted by Crippen LogP contribution is 2.38. The molecule has 8 heteroatoms. The van der Waals surface area contributed by atoms with Gasteiger partial charge in [0, 0.05) is 77.6 Å². The van der Waals surface area contributed by atoms with Gasteiger partial charge in [0.05, 0.1) is 18.0 Å². The Morgan fingerprint density at radius 1 is 0.470 bits per heavy atom. The monoisotopic (exact) mass is 870 g/mol. The SMILES string of the molecule is COCCOC(=O)CCc1ccc(N(c2ccc(-c3ccc(-c4ccc(-c5ccc(N(c6ccc(CCC(C)=O)cc6)c6cccc(C)c6)cc5)cn4)nc3)cc2)c2cccc(C)c2)cc1. The molecule has 0 saturated carbocycles. The number of hydrogen-bond donors (Lipinski definition) is 0. The number of carbonyl (C=O) groups excluding carboxylic acids is 2. The van der Waals surface area contributed by atoms with Gasteiger partial charge in [0.1, 0.15) is 12.4 Å². The third-order valence-corrected chi connectivity index (χ3v) is 11.5. The molecule has 0 aliphatic carbocycles. The van der Waals surface area contributed by atoms with Crippen molar-refractivity contribution >= 4 is 45.9 Å². The average molecular weight is 871 g/mol. The standard InChI is InChI=1S/C58H54N4O4/c1-41-7-5-9-54(37-41)61(50-24-13-44(14-25-50)12-11-43(3)63)52-28-18-46(19-29-52)48-22-32-56(59-39-48)57-33-23-49(40-60-57)47-20-30-53(31-21-47)62(55-10-6-8-42(2)38-55)51-26-15-45(16-27-51)17-34-58(64)66-36-35-65-4/h5-10,13-16,18-33,37-40H,11-12,17,34-36H2,1-4H3. The smallest absolute Gasteiger partial charge is 0.306 e. The number of ether oxygens (including phenoxy) is 2. The highest BCUT2D eigenvalue weighted by molar-refractivity contribution is 5.81. The third kappa shape index (κ3) is 11.3. The summed E-state index contributed by atoms with van der Waals surface area (Å²) in [6, 6.07) is 59.2. The molecule has 0 spiro atoms. The zero-order chi connectivity index (χ0) is 45.8. The first-order valence-corrected chi connectivity index (χ1v) is 22.4. The molecule has 2 aromatic heterocycles. The lowest BCUT2D eigenvalue weighted by molar-refractivity contribution is -0.144. The summed E-state index contributed by atoms with van der Waals surface area (Å²) in [4.78, 5) is 37.9. The van der Waals surface area contributed by atoms with Crippen LogP contribution in [0.5, 0.6) is 0 Å². The Morgan fingerprint density at radius 2 is 0.879 bits per heavy atom. The van der Waals surface area contributed by atoms with Crippen LogP contribution in [0.15, 0.2) is 182 Å². The van der Waals surface area contributed by atoms with Crippen molar-refractivity contribution < 1.29 is 19.1 Å². The quantitative estimate of drug-likeness (QED) is 0.0623. The van der Waals surface area contributed by atoms with Crippen molar-refractivity contribution in [3.8, 4) is 33.6 Å². The van der Waals surface area contributed by atoms with Crippen molar-refractivity contribution in [3.05, 3.63) is 205 Å². The summed E-state index contributed by atoms with van der Waals surface area (Å²) < 4.78 is 10.2. The summed E-state index contributed by atoms with van der Waals surface area (Å²) in [5.41, 5.74) is 16.6. The molecule has 0 amide bonds. The molecule has 0 radical (unpaired) electrons. The summed E-state index contributed by atoms with van der Waals surface area (Å²) >= 11 is 0. The topological polar surface area (TPSA) is 84.9 Å². The van der Waals surface area contributed by atoms with Gasteiger partial charge in [-0.05, 0) is 152 Å². The lowest BCUT2D eigenvalue weighted by Gasteiger charge is -2.26. The van der Waals surface area contributed by atoms with E-state index in [1.807, 2.05) is 24.5 Å². The highest BCUT2D eigenvalue weighted by Gasteiger charge is 2.16. The normalized spacial score (nSPS) is 11.0. The van der Waals surface area contributed by atoms with E-state index in [1.54, 1.807) is 14.0 Å². The zero-order valence-corrected chi connectivity index (χ0v) is 38.0. The lowest BCUT2D eigenvalue weighted by atomic mass is 10.0.